The first kappa shape index (κ1) is 53.3. The molecule has 5 bridgehead atoms. The van der Waals surface area contributed by atoms with Crippen molar-refractivity contribution >= 4 is 29.0 Å². The smallest absolute Gasteiger partial charge is 0.340 e. The number of fused-ring (bicyclic) bond motifs is 12. The van der Waals surface area contributed by atoms with Gasteiger partial charge in [0.05, 0.1) is 31.8 Å². The quantitative estimate of drug-likeness (QED) is 0.0372. The zero-order valence-electron chi connectivity index (χ0n) is 45.4. The Morgan fingerprint density at radius 3 is 2.49 bits per heavy atom. The highest BCUT2D eigenvalue weighted by molar-refractivity contribution is 5.90. The zero-order chi connectivity index (χ0) is 55.1. The molecule has 11 heteroatoms. The number of hydrogen-bond acceptors (Lipinski definition) is 11. The van der Waals surface area contributed by atoms with Gasteiger partial charge in [-0.15, -0.1) is 0 Å². The van der Waals surface area contributed by atoms with E-state index in [-0.39, 0.29) is 109 Å². The lowest BCUT2D eigenvalue weighted by atomic mass is 9.70. The van der Waals surface area contributed by atoms with Crippen LogP contribution in [-0.2, 0) is 49.7 Å². The number of carbonyl (C=O) groups excluding carboxylic acids is 2. The third-order valence-electron chi connectivity index (χ3n) is 18.4. The molecule has 12 rings (SSSR count). The van der Waals surface area contributed by atoms with Crippen molar-refractivity contribution in [2.24, 2.45) is 17.8 Å². The number of esters is 2. The number of allylic oxidation sites excluding steroid dienone is 3. The van der Waals surface area contributed by atoms with E-state index in [1.165, 1.54) is 23.8 Å². The van der Waals surface area contributed by atoms with E-state index in [1.54, 1.807) is 19.1 Å². The monoisotopic (exact) mass is 1070 g/mol. The maximum atomic E-state index is 15.7. The molecule has 5 aromatic carbocycles. The Morgan fingerprint density at radius 2 is 1.66 bits per heavy atom. The zero-order valence-corrected chi connectivity index (χ0v) is 45.4. The largest absolute Gasteiger partial charge is 0.481 e. The summed E-state index contributed by atoms with van der Waals surface area (Å²) in [6, 6.07) is 37.5. The summed E-state index contributed by atoms with van der Waals surface area (Å²) in [4.78, 5) is 45.8. The number of aliphatic hydroxyl groups excluding tert-OH is 3. The molecule has 1 fully saturated rings. The molecule has 3 N–H and O–H groups in total. The van der Waals surface area contributed by atoms with Gasteiger partial charge in [0, 0.05) is 66.8 Å². The van der Waals surface area contributed by atoms with Crippen molar-refractivity contribution < 1.29 is 48.3 Å². The maximum Gasteiger partial charge on any atom is 0.340 e. The van der Waals surface area contributed by atoms with Gasteiger partial charge in [-0.25, -0.2) is 9.59 Å². The molecule has 6 aliphatic rings. The Bertz CT molecular complexity index is 3570. The molecular weight excluding hydrogens is 1000 g/mol. The molecule has 11 nitrogen and oxygen atoms in total. The highest BCUT2D eigenvalue weighted by Crippen LogP contribution is 2.59. The number of carbonyl (C=O) groups is 2. The number of aryl methyl sites for hydroxylation is 1. The van der Waals surface area contributed by atoms with Crippen LogP contribution in [0, 0.1) is 29.6 Å². The highest BCUT2D eigenvalue weighted by Gasteiger charge is 2.61. The first-order chi connectivity index (χ1) is 39.1. The SMILES string of the molecule is COC[C@@H](CCO)c1c(CO)c2ccc3c(c2oc1=O)[C@H]1OC(=O)C[C@@H]2C[C@@H](c4cccc(Cc5ccccc5)c4)C=C[C@H]2c2ccc4cc2CC#CC[C@@]([C@@H]2C[C@@H]5c6ccccc6C=C[C@H]5C2)(O3)[C@H]1OC(=O)/C(=C(/C)CO)CC4. The van der Waals surface area contributed by atoms with Gasteiger partial charge in [0.15, 0.2) is 17.8 Å². The fraction of sp³-hybridized carbons (Fsp3) is 0.377. The fourth-order valence-electron chi connectivity index (χ4n) is 14.4. The van der Waals surface area contributed by atoms with E-state index < -0.39 is 47.9 Å². The summed E-state index contributed by atoms with van der Waals surface area (Å²) in [7, 11) is 1.51. The van der Waals surface area contributed by atoms with Crippen LogP contribution >= 0.6 is 0 Å². The van der Waals surface area contributed by atoms with Gasteiger partial charge in [0.2, 0.25) is 0 Å². The van der Waals surface area contributed by atoms with Crippen molar-refractivity contribution in [1.29, 1.82) is 0 Å². The molecule has 80 heavy (non-hydrogen) atoms. The lowest BCUT2D eigenvalue weighted by Gasteiger charge is -2.49. The van der Waals surface area contributed by atoms with Crippen LogP contribution in [0.25, 0.3) is 17.0 Å². The van der Waals surface area contributed by atoms with Crippen molar-refractivity contribution in [2.45, 2.75) is 119 Å². The second kappa shape index (κ2) is 22.7. The Balaban J connectivity index is 1.06. The molecule has 0 unspecified atom stereocenters. The molecular formula is C69H68O11. The fourth-order valence-corrected chi connectivity index (χ4v) is 14.4. The highest BCUT2D eigenvalue weighted by atomic mass is 16.6. The molecule has 10 atom stereocenters. The molecule has 1 aromatic heterocycles. The summed E-state index contributed by atoms with van der Waals surface area (Å²) in [5, 5.41) is 32.5. The lowest BCUT2D eigenvalue weighted by Crippen LogP contribution is -2.60. The third kappa shape index (κ3) is 9.95. The first-order valence-electron chi connectivity index (χ1n) is 28.5. The van der Waals surface area contributed by atoms with Crippen LogP contribution in [0.3, 0.4) is 0 Å². The van der Waals surface area contributed by atoms with Gasteiger partial charge >= 0.3 is 17.6 Å². The van der Waals surface area contributed by atoms with E-state index in [9.17, 15) is 20.1 Å². The number of ether oxygens (including phenoxy) is 4. The Labute approximate surface area is 467 Å². The predicted molar refractivity (Wildman–Crippen MR) is 305 cm³/mol. The van der Waals surface area contributed by atoms with E-state index in [4.69, 9.17) is 23.4 Å². The summed E-state index contributed by atoms with van der Waals surface area (Å²) in [5.74, 6) is 5.09. The van der Waals surface area contributed by atoms with E-state index in [2.05, 4.69) is 121 Å². The molecule has 0 amide bonds. The molecule has 3 aliphatic carbocycles. The molecule has 0 spiro atoms. The number of hydrogen-bond donors (Lipinski definition) is 3. The molecule has 4 heterocycles. The predicted octanol–water partition coefficient (Wildman–Crippen LogP) is 11.2. The van der Waals surface area contributed by atoms with Gasteiger partial charge in [-0.2, -0.15) is 0 Å². The number of methoxy groups -OCH3 is 1. The third-order valence-corrected chi connectivity index (χ3v) is 18.4. The standard InChI is InChI=1S/C69H68O11/c1-41(38-71)53-23-18-43-19-24-55-48(32-43)15-8-9-29-69(52-35-49-21-20-45-14-6-7-17-54(45)58(49)37-52)66(79-67(53)74)65(63-60(80-69)27-26-57-59(39-72)62(68(75)78-64(57)63)50(28-30-70)40-76-2)77-61(73)36-51-34-47(22-25-56(51)55)46-16-10-13-44(33-46)31-42-11-4-3-5-12-42/h3-7,10-14,16-17,19-22,24-27,32-33,47,49-52,56,58,65-66,70-72H,15,18,23,28-31,34-40H2,1-2H3/b53-41-/t47-,49-,50+,51-,52-,56+,58-,65+,66-,69-/m0/s1. The van der Waals surface area contributed by atoms with Gasteiger partial charge in [0.1, 0.15) is 11.3 Å². The van der Waals surface area contributed by atoms with Crippen molar-refractivity contribution in [3.05, 3.63) is 210 Å². The van der Waals surface area contributed by atoms with Gasteiger partial charge in [0.25, 0.3) is 0 Å². The molecule has 3 aliphatic heterocycles. The minimum absolute atomic E-state index is 0.00697. The van der Waals surface area contributed by atoms with Crippen LogP contribution in [0.2, 0.25) is 0 Å². The Kier molecular flexibility index (Phi) is 15.1. The van der Waals surface area contributed by atoms with Crippen LogP contribution in [0.5, 0.6) is 5.75 Å². The van der Waals surface area contributed by atoms with E-state index in [0.717, 1.165) is 34.2 Å². The van der Waals surface area contributed by atoms with Crippen LogP contribution in [-0.4, -0.2) is 65.9 Å². The number of aliphatic hydroxyl groups is 3. The summed E-state index contributed by atoms with van der Waals surface area (Å²) >= 11 is 0. The van der Waals surface area contributed by atoms with E-state index in [0.29, 0.717) is 48.6 Å². The Morgan fingerprint density at radius 1 is 0.825 bits per heavy atom. The van der Waals surface area contributed by atoms with Gasteiger partial charge in [-0.1, -0.05) is 133 Å². The number of benzene rings is 5. The van der Waals surface area contributed by atoms with Gasteiger partial charge in [-0.05, 0) is 137 Å². The minimum Gasteiger partial charge on any atom is -0.481 e. The maximum absolute atomic E-state index is 15.7. The first-order valence-corrected chi connectivity index (χ1v) is 28.5. The van der Waals surface area contributed by atoms with Crippen LogP contribution in [0.15, 0.2) is 148 Å². The van der Waals surface area contributed by atoms with E-state index in [1.807, 2.05) is 12.1 Å². The summed E-state index contributed by atoms with van der Waals surface area (Å²) in [6.07, 6.45) is 10.3. The van der Waals surface area contributed by atoms with Crippen LogP contribution in [0.4, 0.5) is 0 Å². The Hall–Kier alpha value is -7.33. The molecule has 1 saturated carbocycles. The average Bonchev–Trinajstić information content (AvgIpc) is 4.02. The second-order valence-corrected chi connectivity index (χ2v) is 23.0. The summed E-state index contributed by atoms with van der Waals surface area (Å²) in [5.41, 5.74) is 8.29. The normalized spacial score (nSPS) is 26.7. The van der Waals surface area contributed by atoms with Gasteiger partial charge in [-0.3, -0.25) is 4.79 Å². The van der Waals surface area contributed by atoms with Crippen LogP contribution < -0.4 is 10.4 Å². The minimum atomic E-state index is -1.44. The van der Waals surface area contributed by atoms with E-state index >= 15 is 9.59 Å². The number of rotatable bonds is 11. The molecule has 410 valence electrons. The van der Waals surface area contributed by atoms with Crippen molar-refractivity contribution in [2.75, 3.05) is 26.9 Å². The van der Waals surface area contributed by atoms with Crippen molar-refractivity contribution in [3.8, 4) is 17.6 Å². The van der Waals surface area contributed by atoms with Crippen molar-refractivity contribution in [3.63, 3.8) is 0 Å². The summed E-state index contributed by atoms with van der Waals surface area (Å²) < 4.78 is 33.7. The lowest BCUT2D eigenvalue weighted by molar-refractivity contribution is -0.202. The summed E-state index contributed by atoms with van der Waals surface area (Å²) in [6.45, 7) is 0.616. The molecule has 6 aromatic rings. The van der Waals surface area contributed by atoms with Crippen molar-refractivity contribution in [1.82, 2.24) is 0 Å². The topological polar surface area (TPSA) is 162 Å². The molecule has 0 radical (unpaired) electrons. The van der Waals surface area contributed by atoms with Crippen LogP contribution in [0.1, 0.15) is 143 Å². The van der Waals surface area contributed by atoms with Gasteiger partial charge < -0.3 is 38.7 Å². The average molecular weight is 1070 g/mol. The molecule has 0 saturated heterocycles. The second-order valence-electron chi connectivity index (χ2n) is 23.0.